The summed E-state index contributed by atoms with van der Waals surface area (Å²) >= 11 is 0. The monoisotopic (exact) mass is 390 g/mol. The molecule has 0 spiro atoms. The van der Waals surface area contributed by atoms with Gasteiger partial charge in [0.1, 0.15) is 5.82 Å². The fraction of sp³-hybridized carbons (Fsp3) is 0.600. The lowest BCUT2D eigenvalue weighted by molar-refractivity contribution is 0.123. The van der Waals surface area contributed by atoms with Crippen LogP contribution in [0, 0.1) is 5.92 Å². The van der Waals surface area contributed by atoms with Crippen molar-refractivity contribution in [3.8, 4) is 0 Å². The summed E-state index contributed by atoms with van der Waals surface area (Å²) in [7, 11) is 0. The quantitative estimate of drug-likeness (QED) is 0.746. The highest BCUT2D eigenvalue weighted by Crippen LogP contribution is 2.32. The summed E-state index contributed by atoms with van der Waals surface area (Å²) < 4.78 is 0. The van der Waals surface area contributed by atoms with Gasteiger partial charge in [-0.1, -0.05) is 49.6 Å². The molecule has 0 amide bonds. The van der Waals surface area contributed by atoms with Crippen molar-refractivity contribution in [2.45, 2.75) is 70.0 Å². The van der Waals surface area contributed by atoms with E-state index in [1.165, 1.54) is 75.7 Å². The van der Waals surface area contributed by atoms with E-state index < -0.39 is 0 Å². The molecule has 4 aliphatic rings. The minimum Gasteiger partial charge on any atom is -0.297 e. The molecule has 4 nitrogen and oxygen atoms in total. The lowest BCUT2D eigenvalue weighted by Gasteiger charge is -2.36. The minimum atomic E-state index is 0.596. The first kappa shape index (κ1) is 19.2. The third-order valence-electron chi connectivity index (χ3n) is 7.23. The molecular weight excluding hydrogens is 356 g/mol. The number of benzene rings is 1. The first-order valence-electron chi connectivity index (χ1n) is 11.6. The average molecular weight is 391 g/mol. The van der Waals surface area contributed by atoms with Gasteiger partial charge in [-0.3, -0.25) is 9.80 Å². The van der Waals surface area contributed by atoms with Gasteiger partial charge in [-0.2, -0.15) is 0 Å². The van der Waals surface area contributed by atoms with Crippen LogP contribution in [-0.4, -0.2) is 45.4 Å². The third-order valence-corrected chi connectivity index (χ3v) is 7.23. The van der Waals surface area contributed by atoms with Crippen molar-refractivity contribution >= 4 is 0 Å². The number of hydrogen-bond acceptors (Lipinski definition) is 4. The molecule has 0 unspecified atom stereocenters. The Labute approximate surface area is 175 Å². The Kier molecular flexibility index (Phi) is 5.91. The number of hydrogen-bond donors (Lipinski definition) is 0. The Balaban J connectivity index is 1.22. The van der Waals surface area contributed by atoms with Crippen LogP contribution in [0.1, 0.15) is 67.8 Å². The van der Waals surface area contributed by atoms with E-state index in [-0.39, 0.29) is 0 Å². The predicted octanol–water partition coefficient (Wildman–Crippen LogP) is 4.62. The van der Waals surface area contributed by atoms with E-state index in [1.807, 2.05) is 0 Å². The van der Waals surface area contributed by atoms with Crippen LogP contribution in [0.15, 0.2) is 42.7 Å². The molecule has 2 bridgehead atoms. The van der Waals surface area contributed by atoms with Crippen LogP contribution in [0.3, 0.4) is 0 Å². The zero-order chi connectivity index (χ0) is 19.5. The highest BCUT2D eigenvalue weighted by Gasteiger charge is 2.34. The Morgan fingerprint density at radius 1 is 0.759 bits per heavy atom. The van der Waals surface area contributed by atoms with Crippen molar-refractivity contribution < 1.29 is 0 Å². The van der Waals surface area contributed by atoms with E-state index >= 15 is 0 Å². The molecule has 3 aliphatic heterocycles. The van der Waals surface area contributed by atoms with Crippen molar-refractivity contribution in [2.24, 2.45) is 5.92 Å². The Morgan fingerprint density at radius 2 is 1.55 bits per heavy atom. The van der Waals surface area contributed by atoms with E-state index in [1.54, 1.807) is 0 Å². The van der Waals surface area contributed by atoms with Crippen LogP contribution in [0.2, 0.25) is 0 Å². The molecule has 2 aromatic rings. The van der Waals surface area contributed by atoms with E-state index in [9.17, 15) is 0 Å². The Morgan fingerprint density at radius 3 is 2.34 bits per heavy atom. The molecule has 0 radical (unpaired) electrons. The lowest BCUT2D eigenvalue weighted by Crippen LogP contribution is -2.43. The molecule has 4 heterocycles. The summed E-state index contributed by atoms with van der Waals surface area (Å²) in [6.07, 6.45) is 13.5. The highest BCUT2D eigenvalue weighted by molar-refractivity contribution is 5.15. The summed E-state index contributed by atoms with van der Waals surface area (Å²) in [5.41, 5.74) is 2.72. The van der Waals surface area contributed by atoms with E-state index in [0.29, 0.717) is 12.0 Å². The number of aromatic nitrogens is 2. The first-order chi connectivity index (χ1) is 14.3. The highest BCUT2D eigenvalue weighted by atomic mass is 15.3. The second-order valence-corrected chi connectivity index (χ2v) is 9.49. The first-order valence-corrected chi connectivity index (χ1v) is 11.6. The summed E-state index contributed by atoms with van der Waals surface area (Å²) in [4.78, 5) is 14.9. The molecule has 1 saturated carbocycles. The van der Waals surface area contributed by atoms with E-state index in [4.69, 9.17) is 9.97 Å². The molecule has 0 N–H and O–H groups in total. The van der Waals surface area contributed by atoms with Crippen molar-refractivity contribution in [1.29, 1.82) is 0 Å². The normalized spacial score (nSPS) is 26.5. The Hall–Kier alpha value is -1.78. The van der Waals surface area contributed by atoms with Gasteiger partial charge in [0.05, 0.1) is 0 Å². The number of piperidine rings is 1. The molecule has 6 rings (SSSR count). The van der Waals surface area contributed by atoms with Gasteiger partial charge in [-0.05, 0) is 37.2 Å². The molecule has 3 saturated heterocycles. The molecule has 154 valence electrons. The van der Waals surface area contributed by atoms with E-state index in [0.717, 1.165) is 24.8 Å². The van der Waals surface area contributed by atoms with Crippen LogP contribution in [0.5, 0.6) is 0 Å². The molecular formula is C25H34N4. The summed E-state index contributed by atoms with van der Waals surface area (Å²) in [5.74, 6) is 2.47. The molecule has 4 fully saturated rings. The van der Waals surface area contributed by atoms with Crippen LogP contribution in [-0.2, 0) is 13.1 Å². The SMILES string of the molecule is c1ccc(CN2C[C@H]3CC[C@@H](C2)N(Cc2cnc(C4CCCCC4)nc2)C3)cc1. The van der Waals surface area contributed by atoms with Gasteiger partial charge in [-0.15, -0.1) is 0 Å². The maximum Gasteiger partial charge on any atom is 0.131 e. The van der Waals surface area contributed by atoms with Gasteiger partial charge < -0.3 is 0 Å². The van der Waals surface area contributed by atoms with Crippen LogP contribution in [0.25, 0.3) is 0 Å². The predicted molar refractivity (Wildman–Crippen MR) is 116 cm³/mol. The zero-order valence-electron chi connectivity index (χ0n) is 17.5. The largest absolute Gasteiger partial charge is 0.297 e. The molecule has 4 heteroatoms. The van der Waals surface area contributed by atoms with Crippen LogP contribution in [0.4, 0.5) is 0 Å². The van der Waals surface area contributed by atoms with E-state index in [2.05, 4.69) is 52.5 Å². The molecule has 2 atom stereocenters. The average Bonchev–Trinajstić information content (AvgIpc) is 3.06. The van der Waals surface area contributed by atoms with Gasteiger partial charge in [-0.25, -0.2) is 9.97 Å². The minimum absolute atomic E-state index is 0.596. The fourth-order valence-corrected chi connectivity index (χ4v) is 5.69. The number of rotatable bonds is 5. The van der Waals surface area contributed by atoms with Crippen molar-refractivity contribution in [2.75, 3.05) is 19.6 Å². The molecule has 1 aliphatic carbocycles. The maximum absolute atomic E-state index is 4.78. The standard InChI is InChI=1S/C25H34N4/c1-3-7-20(8-4-1)15-28-16-21-11-12-24(19-28)29(17-21)18-22-13-26-25(27-14-22)23-9-5-2-6-10-23/h1,3-4,7-8,13-14,21,23-24H,2,5-6,9-12,15-19H2/t21-,24+/m1/s1. The molecule has 1 aromatic carbocycles. The summed E-state index contributed by atoms with van der Waals surface area (Å²) in [6, 6.07) is 11.6. The van der Waals surface area contributed by atoms with Crippen LogP contribution < -0.4 is 0 Å². The van der Waals surface area contributed by atoms with Gasteiger partial charge in [0, 0.05) is 62.6 Å². The fourth-order valence-electron chi connectivity index (χ4n) is 5.69. The number of fused-ring (bicyclic) bond motifs is 4. The zero-order valence-corrected chi connectivity index (χ0v) is 17.5. The van der Waals surface area contributed by atoms with Gasteiger partial charge in [0.15, 0.2) is 0 Å². The van der Waals surface area contributed by atoms with Gasteiger partial charge in [0.25, 0.3) is 0 Å². The van der Waals surface area contributed by atoms with Crippen molar-refractivity contribution in [3.63, 3.8) is 0 Å². The van der Waals surface area contributed by atoms with Gasteiger partial charge >= 0.3 is 0 Å². The maximum atomic E-state index is 4.78. The van der Waals surface area contributed by atoms with Crippen molar-refractivity contribution in [1.82, 2.24) is 19.8 Å². The molecule has 29 heavy (non-hydrogen) atoms. The topological polar surface area (TPSA) is 32.3 Å². The van der Waals surface area contributed by atoms with Crippen LogP contribution >= 0.6 is 0 Å². The Bertz CT molecular complexity index is 769. The lowest BCUT2D eigenvalue weighted by atomic mass is 9.89. The smallest absolute Gasteiger partial charge is 0.131 e. The second-order valence-electron chi connectivity index (χ2n) is 9.49. The summed E-state index contributed by atoms with van der Waals surface area (Å²) in [6.45, 7) is 5.73. The second kappa shape index (κ2) is 8.93. The van der Waals surface area contributed by atoms with Gasteiger partial charge in [0.2, 0.25) is 0 Å². The third kappa shape index (κ3) is 4.70. The number of nitrogens with zero attached hydrogens (tertiary/aromatic N) is 4. The molecule has 1 aromatic heterocycles. The van der Waals surface area contributed by atoms with Crippen molar-refractivity contribution in [3.05, 3.63) is 59.7 Å². The summed E-state index contributed by atoms with van der Waals surface area (Å²) in [5, 5.41) is 0.